The molecule has 1 aromatic carbocycles. The fraction of sp³-hybridized carbons (Fsp3) is 0.350. The number of nitrogens with one attached hydrogen (secondary N) is 1. The van der Waals surface area contributed by atoms with Crippen LogP contribution in [0.4, 0.5) is 11.5 Å². The molecule has 1 aliphatic heterocycles. The number of nitrogens with zero attached hydrogens (tertiary/aromatic N) is 5. The normalized spacial score (nSPS) is 15.2. The van der Waals surface area contributed by atoms with Gasteiger partial charge in [0.25, 0.3) is 0 Å². The number of piperidine rings is 1. The largest absolute Gasteiger partial charge is 0.382 e. The second-order valence-corrected chi connectivity index (χ2v) is 6.93. The van der Waals surface area contributed by atoms with Crippen molar-refractivity contribution in [1.29, 1.82) is 0 Å². The lowest BCUT2D eigenvalue weighted by atomic mass is 10.0. The molecule has 0 atom stereocenters. The van der Waals surface area contributed by atoms with E-state index in [1.54, 1.807) is 4.68 Å². The Morgan fingerprint density at radius 1 is 0.962 bits per heavy atom. The Kier molecular flexibility index (Phi) is 4.56. The number of hydrogen-bond donors (Lipinski definition) is 1. The van der Waals surface area contributed by atoms with E-state index in [2.05, 4.69) is 56.7 Å². The van der Waals surface area contributed by atoms with Crippen molar-refractivity contribution in [3.63, 3.8) is 0 Å². The van der Waals surface area contributed by atoms with E-state index in [4.69, 9.17) is 0 Å². The van der Waals surface area contributed by atoms with Crippen LogP contribution in [0, 0.1) is 13.8 Å². The maximum atomic E-state index is 4.40. The van der Waals surface area contributed by atoms with Crippen molar-refractivity contribution in [2.75, 3.05) is 23.3 Å². The van der Waals surface area contributed by atoms with Crippen molar-refractivity contribution in [3.05, 3.63) is 59.9 Å². The van der Waals surface area contributed by atoms with Crippen LogP contribution in [0.2, 0.25) is 0 Å². The van der Waals surface area contributed by atoms with Crippen molar-refractivity contribution in [2.45, 2.75) is 32.7 Å². The molecule has 26 heavy (non-hydrogen) atoms. The van der Waals surface area contributed by atoms with E-state index in [-0.39, 0.29) is 0 Å². The van der Waals surface area contributed by atoms with Crippen LogP contribution >= 0.6 is 0 Å². The lowest BCUT2D eigenvalue weighted by Gasteiger charge is -2.33. The van der Waals surface area contributed by atoms with Gasteiger partial charge in [0.15, 0.2) is 11.6 Å². The van der Waals surface area contributed by atoms with E-state index in [1.165, 1.54) is 11.3 Å². The number of benzene rings is 1. The summed E-state index contributed by atoms with van der Waals surface area (Å²) in [4.78, 5) is 2.31. The lowest BCUT2D eigenvalue weighted by Crippen LogP contribution is -2.39. The monoisotopic (exact) mass is 348 g/mol. The Hall–Kier alpha value is -2.89. The summed E-state index contributed by atoms with van der Waals surface area (Å²) in [5.74, 6) is 1.68. The zero-order chi connectivity index (χ0) is 17.9. The topological polar surface area (TPSA) is 58.9 Å². The fourth-order valence-corrected chi connectivity index (χ4v) is 3.38. The molecule has 0 spiro atoms. The summed E-state index contributed by atoms with van der Waals surface area (Å²) in [6.45, 7) is 6.06. The van der Waals surface area contributed by atoms with Gasteiger partial charge in [0.2, 0.25) is 0 Å². The Morgan fingerprint density at radius 2 is 1.73 bits per heavy atom. The number of hydrogen-bond acceptors (Lipinski definition) is 5. The van der Waals surface area contributed by atoms with E-state index >= 15 is 0 Å². The van der Waals surface area contributed by atoms with Crippen LogP contribution in [0.5, 0.6) is 0 Å². The molecular weight excluding hydrogens is 324 g/mol. The molecule has 3 heterocycles. The summed E-state index contributed by atoms with van der Waals surface area (Å²) in [5, 5.41) is 16.8. The molecule has 2 aromatic heterocycles. The quantitative estimate of drug-likeness (QED) is 0.783. The number of rotatable bonds is 4. The molecule has 1 saturated heterocycles. The summed E-state index contributed by atoms with van der Waals surface area (Å²) in [6.07, 6.45) is 4.09. The Bertz CT molecular complexity index is 862. The first-order valence-electron chi connectivity index (χ1n) is 9.12. The SMILES string of the molecule is Cc1cccc(NC2CCN(c3ccc(-n4ccc(C)n4)nn3)CC2)c1. The molecule has 3 aromatic rings. The molecule has 0 amide bonds. The number of aryl methyl sites for hydroxylation is 2. The van der Waals surface area contributed by atoms with E-state index in [0.29, 0.717) is 6.04 Å². The van der Waals surface area contributed by atoms with Crippen molar-refractivity contribution >= 4 is 11.5 Å². The van der Waals surface area contributed by atoms with Gasteiger partial charge in [-0.25, -0.2) is 4.68 Å². The van der Waals surface area contributed by atoms with Gasteiger partial charge in [0, 0.05) is 31.0 Å². The molecular formula is C20H24N6. The minimum atomic E-state index is 0.507. The fourth-order valence-electron chi connectivity index (χ4n) is 3.38. The Labute approximate surface area is 153 Å². The van der Waals surface area contributed by atoms with Gasteiger partial charge in [-0.05, 0) is 62.6 Å². The van der Waals surface area contributed by atoms with Gasteiger partial charge >= 0.3 is 0 Å². The Morgan fingerprint density at radius 3 is 2.38 bits per heavy atom. The molecule has 0 unspecified atom stereocenters. The smallest absolute Gasteiger partial charge is 0.175 e. The molecule has 0 saturated carbocycles. The molecule has 0 bridgehead atoms. The number of anilines is 2. The van der Waals surface area contributed by atoms with Crippen molar-refractivity contribution < 1.29 is 0 Å². The average molecular weight is 348 g/mol. The van der Waals surface area contributed by atoms with Crippen LogP contribution in [-0.2, 0) is 0 Å². The number of aromatic nitrogens is 4. The van der Waals surface area contributed by atoms with E-state index in [9.17, 15) is 0 Å². The predicted molar refractivity (Wildman–Crippen MR) is 104 cm³/mol. The van der Waals surface area contributed by atoms with Gasteiger partial charge in [-0.1, -0.05) is 12.1 Å². The predicted octanol–water partition coefficient (Wildman–Crippen LogP) is 3.36. The second-order valence-electron chi connectivity index (χ2n) is 6.93. The molecule has 1 N–H and O–H groups in total. The summed E-state index contributed by atoms with van der Waals surface area (Å²) in [6, 6.07) is 15.0. The molecule has 6 heteroatoms. The minimum Gasteiger partial charge on any atom is -0.382 e. The molecule has 4 rings (SSSR count). The average Bonchev–Trinajstić information content (AvgIpc) is 3.09. The molecule has 6 nitrogen and oxygen atoms in total. The summed E-state index contributed by atoms with van der Waals surface area (Å²) >= 11 is 0. The highest BCUT2D eigenvalue weighted by Crippen LogP contribution is 2.21. The summed E-state index contributed by atoms with van der Waals surface area (Å²) in [5.41, 5.74) is 3.47. The van der Waals surface area contributed by atoms with E-state index < -0.39 is 0 Å². The molecule has 134 valence electrons. The highest BCUT2D eigenvalue weighted by molar-refractivity contribution is 5.47. The van der Waals surface area contributed by atoms with Gasteiger partial charge in [-0.15, -0.1) is 10.2 Å². The first-order chi connectivity index (χ1) is 12.7. The van der Waals surface area contributed by atoms with E-state index in [1.807, 2.05) is 31.3 Å². The van der Waals surface area contributed by atoms with Gasteiger partial charge in [0.05, 0.1) is 5.69 Å². The van der Waals surface area contributed by atoms with Crippen LogP contribution in [0.1, 0.15) is 24.1 Å². The summed E-state index contributed by atoms with van der Waals surface area (Å²) in [7, 11) is 0. The van der Waals surface area contributed by atoms with Gasteiger partial charge in [-0.3, -0.25) is 0 Å². The highest BCUT2D eigenvalue weighted by Gasteiger charge is 2.20. The van der Waals surface area contributed by atoms with Gasteiger partial charge in [-0.2, -0.15) is 5.10 Å². The molecule has 0 radical (unpaired) electrons. The zero-order valence-corrected chi connectivity index (χ0v) is 15.3. The van der Waals surface area contributed by atoms with E-state index in [0.717, 1.165) is 43.3 Å². The minimum absolute atomic E-state index is 0.507. The third-order valence-electron chi connectivity index (χ3n) is 4.80. The highest BCUT2D eigenvalue weighted by atomic mass is 15.4. The van der Waals surface area contributed by atoms with Gasteiger partial charge in [0.1, 0.15) is 0 Å². The van der Waals surface area contributed by atoms with Crippen LogP contribution in [0.15, 0.2) is 48.7 Å². The maximum absolute atomic E-state index is 4.40. The zero-order valence-electron chi connectivity index (χ0n) is 15.3. The first kappa shape index (κ1) is 16.6. The standard InChI is InChI=1S/C20H24N6/c1-15-4-3-5-18(14-15)21-17-9-11-25(12-10-17)19-6-7-20(23-22-19)26-13-8-16(2)24-26/h3-8,13-14,17,21H,9-12H2,1-2H3. The maximum Gasteiger partial charge on any atom is 0.175 e. The molecule has 1 aliphatic rings. The van der Waals surface area contributed by atoms with Crippen LogP contribution in [0.3, 0.4) is 0 Å². The molecule has 1 fully saturated rings. The van der Waals surface area contributed by atoms with Crippen molar-refractivity contribution in [2.24, 2.45) is 0 Å². The van der Waals surface area contributed by atoms with Gasteiger partial charge < -0.3 is 10.2 Å². The third-order valence-corrected chi connectivity index (χ3v) is 4.80. The first-order valence-corrected chi connectivity index (χ1v) is 9.12. The van der Waals surface area contributed by atoms with Crippen molar-refractivity contribution in [1.82, 2.24) is 20.0 Å². The van der Waals surface area contributed by atoms with Crippen LogP contribution in [-0.4, -0.2) is 39.1 Å². The molecule has 0 aliphatic carbocycles. The van der Waals surface area contributed by atoms with Crippen LogP contribution in [0.25, 0.3) is 5.82 Å². The summed E-state index contributed by atoms with van der Waals surface area (Å²) < 4.78 is 1.75. The second kappa shape index (κ2) is 7.15. The Balaban J connectivity index is 1.35. The van der Waals surface area contributed by atoms with Crippen LogP contribution < -0.4 is 10.2 Å². The third kappa shape index (κ3) is 3.69. The van der Waals surface area contributed by atoms with Crippen molar-refractivity contribution in [3.8, 4) is 5.82 Å². The lowest BCUT2D eigenvalue weighted by molar-refractivity contribution is 0.522.